The molecule has 3 nitrogen and oxygen atoms in total. The fourth-order valence-corrected chi connectivity index (χ4v) is 4.11. The van der Waals surface area contributed by atoms with Gasteiger partial charge in [-0.25, -0.2) is 14.4 Å². The van der Waals surface area contributed by atoms with Crippen LogP contribution in [0.15, 0.2) is 69.9 Å². The smallest absolute Gasteiger partial charge is 0.163 e. The molecule has 0 unspecified atom stereocenters. The second kappa shape index (κ2) is 6.69. The highest BCUT2D eigenvalue weighted by atomic mass is 79.9. The van der Waals surface area contributed by atoms with Gasteiger partial charge in [0.1, 0.15) is 11.5 Å². The molecule has 0 aromatic heterocycles. The Kier molecular flexibility index (Phi) is 4.39. The Morgan fingerprint density at radius 1 is 0.920 bits per heavy atom. The van der Waals surface area contributed by atoms with Crippen molar-refractivity contribution in [2.75, 3.05) is 0 Å². The van der Waals surface area contributed by atoms with Gasteiger partial charge in [-0.05, 0) is 42.0 Å². The van der Waals surface area contributed by atoms with Crippen LogP contribution in [0, 0.1) is 5.82 Å². The number of aromatic nitrogens is 3. The van der Waals surface area contributed by atoms with E-state index in [1.54, 1.807) is 18.2 Å². The second-order valence-corrected chi connectivity index (χ2v) is 7.52. The van der Waals surface area contributed by atoms with E-state index in [0.29, 0.717) is 17.9 Å². The Bertz CT molecular complexity index is 1010. The average molecular weight is 461 g/mol. The zero-order valence-electron chi connectivity index (χ0n) is 13.0. The van der Waals surface area contributed by atoms with E-state index in [4.69, 9.17) is 0 Å². The van der Waals surface area contributed by atoms with Gasteiger partial charge in [0.2, 0.25) is 0 Å². The number of halogens is 3. The summed E-state index contributed by atoms with van der Waals surface area (Å²) in [5.74, 6) is 0.0979. The number of nitrogens with zero attached hydrogens (tertiary/aromatic N) is 3. The fraction of sp³-hybridized carbons (Fsp3) is 0.0526. The Labute approximate surface area is 161 Å². The number of rotatable bonds is 3. The van der Waals surface area contributed by atoms with E-state index in [-0.39, 0.29) is 5.82 Å². The van der Waals surface area contributed by atoms with Crippen LogP contribution in [0.1, 0.15) is 5.56 Å². The summed E-state index contributed by atoms with van der Waals surface area (Å²) in [6, 6.07) is 14.6. The van der Waals surface area contributed by atoms with E-state index < -0.39 is 0 Å². The minimum Gasteiger partial charge on any atom is -0.348 e. The van der Waals surface area contributed by atoms with Gasteiger partial charge >= 0.3 is 0 Å². The van der Waals surface area contributed by atoms with Crippen molar-refractivity contribution in [3.05, 3.63) is 81.3 Å². The summed E-state index contributed by atoms with van der Waals surface area (Å²) in [5, 5.41) is 0. The zero-order chi connectivity index (χ0) is 17.4. The number of hydrogen-bond donors (Lipinski definition) is 0. The first-order chi connectivity index (χ1) is 12.1. The van der Waals surface area contributed by atoms with Crippen LogP contribution in [0.4, 0.5) is 4.39 Å². The molecule has 4 rings (SSSR count). The van der Waals surface area contributed by atoms with Gasteiger partial charge in [0.25, 0.3) is 0 Å². The molecule has 2 aliphatic heterocycles. The van der Waals surface area contributed by atoms with Gasteiger partial charge in [-0.1, -0.05) is 44.0 Å². The van der Waals surface area contributed by atoms with Crippen molar-refractivity contribution in [1.82, 2.24) is 14.5 Å². The molecule has 0 saturated heterocycles. The van der Waals surface area contributed by atoms with Crippen LogP contribution < -0.4 is 0 Å². The molecule has 2 aromatic rings. The van der Waals surface area contributed by atoms with Crippen LogP contribution in [0.3, 0.4) is 0 Å². The molecule has 0 saturated carbocycles. The van der Waals surface area contributed by atoms with Crippen molar-refractivity contribution in [3.8, 4) is 22.8 Å². The van der Waals surface area contributed by atoms with Crippen molar-refractivity contribution in [3.63, 3.8) is 0 Å². The number of hydrogen-bond acceptors (Lipinski definition) is 2. The monoisotopic (exact) mass is 459 g/mol. The molecular weight excluding hydrogens is 449 g/mol. The summed E-state index contributed by atoms with van der Waals surface area (Å²) in [4.78, 5) is 8.93. The van der Waals surface area contributed by atoms with Crippen molar-refractivity contribution in [2.24, 2.45) is 0 Å². The topological polar surface area (TPSA) is 30.7 Å². The summed E-state index contributed by atoms with van der Waals surface area (Å²) in [6.07, 6.45) is 3.89. The standard InChI is InChI=1S/C19H12Br2FN3/c20-13-7-12(8-14(21)9-13)10-25-6-5-17-18(11-25)24-19(23-17)15-3-1-2-4-16(15)22/h1-9,11H,10H2. The highest BCUT2D eigenvalue weighted by Crippen LogP contribution is 2.27. The molecule has 0 spiro atoms. The molecule has 0 bridgehead atoms. The van der Waals surface area contributed by atoms with E-state index in [2.05, 4.69) is 54.0 Å². The van der Waals surface area contributed by atoms with Crippen molar-refractivity contribution in [1.29, 1.82) is 0 Å². The van der Waals surface area contributed by atoms with E-state index in [0.717, 1.165) is 25.9 Å². The summed E-state index contributed by atoms with van der Waals surface area (Å²) in [5.41, 5.74) is 3.07. The van der Waals surface area contributed by atoms with Gasteiger partial charge in [-0.15, -0.1) is 0 Å². The van der Waals surface area contributed by atoms with Crippen LogP contribution >= 0.6 is 31.9 Å². The first-order valence-corrected chi connectivity index (χ1v) is 9.20. The maximum Gasteiger partial charge on any atom is 0.163 e. The van der Waals surface area contributed by atoms with E-state index in [1.807, 2.05) is 29.1 Å². The lowest BCUT2D eigenvalue weighted by Gasteiger charge is -2.09. The average Bonchev–Trinajstić information content (AvgIpc) is 2.97. The Balaban J connectivity index is 1.69. The lowest BCUT2D eigenvalue weighted by atomic mass is 10.2. The summed E-state index contributed by atoms with van der Waals surface area (Å²) >= 11 is 7.01. The third kappa shape index (κ3) is 3.50. The summed E-state index contributed by atoms with van der Waals surface area (Å²) in [7, 11) is 0. The van der Waals surface area contributed by atoms with Crippen molar-refractivity contribution in [2.45, 2.75) is 6.54 Å². The van der Waals surface area contributed by atoms with Crippen LogP contribution in [-0.4, -0.2) is 14.5 Å². The zero-order valence-corrected chi connectivity index (χ0v) is 16.1. The maximum atomic E-state index is 14.0. The normalized spacial score (nSPS) is 11.2. The third-order valence-corrected chi connectivity index (χ3v) is 4.75. The van der Waals surface area contributed by atoms with E-state index in [1.165, 1.54) is 6.07 Å². The minimum atomic E-state index is -0.315. The highest BCUT2D eigenvalue weighted by Gasteiger charge is 2.15. The second-order valence-electron chi connectivity index (χ2n) is 5.69. The van der Waals surface area contributed by atoms with Crippen LogP contribution in [-0.2, 0) is 6.54 Å². The van der Waals surface area contributed by atoms with Gasteiger partial charge < -0.3 is 4.57 Å². The van der Waals surface area contributed by atoms with Crippen molar-refractivity contribution >= 4 is 31.9 Å². The summed E-state index contributed by atoms with van der Waals surface area (Å²) in [6.45, 7) is 0.704. The third-order valence-electron chi connectivity index (χ3n) is 3.83. The Morgan fingerprint density at radius 3 is 2.40 bits per heavy atom. The highest BCUT2D eigenvalue weighted by molar-refractivity contribution is 9.11. The maximum absolute atomic E-state index is 14.0. The SMILES string of the molecule is Fc1ccccc1-c1nc2ccn(Cc3cc(Br)cc(Br)c3)cc-2n1. The molecule has 0 fully saturated rings. The van der Waals surface area contributed by atoms with Gasteiger partial charge in [-0.2, -0.15) is 0 Å². The van der Waals surface area contributed by atoms with Crippen LogP contribution in [0.25, 0.3) is 22.8 Å². The minimum absolute atomic E-state index is 0.315. The fourth-order valence-electron chi connectivity index (χ4n) is 2.73. The summed E-state index contributed by atoms with van der Waals surface area (Å²) < 4.78 is 18.0. The number of imidazole rings is 1. The van der Waals surface area contributed by atoms with E-state index in [9.17, 15) is 4.39 Å². The molecule has 2 heterocycles. The van der Waals surface area contributed by atoms with Gasteiger partial charge in [0.15, 0.2) is 5.82 Å². The molecule has 2 aliphatic rings. The Morgan fingerprint density at radius 2 is 1.64 bits per heavy atom. The van der Waals surface area contributed by atoms with E-state index >= 15 is 0 Å². The molecule has 124 valence electrons. The quantitative estimate of drug-likeness (QED) is 0.389. The first kappa shape index (κ1) is 16.4. The molecule has 0 aliphatic carbocycles. The Hall–Kier alpha value is -2.05. The molecule has 0 N–H and O–H groups in total. The molecule has 2 aromatic carbocycles. The number of benzene rings is 2. The number of fused-ring (bicyclic) bond motifs is 1. The first-order valence-electron chi connectivity index (χ1n) is 7.62. The predicted molar refractivity (Wildman–Crippen MR) is 103 cm³/mol. The molecule has 6 heteroatoms. The van der Waals surface area contributed by atoms with Crippen LogP contribution in [0.5, 0.6) is 0 Å². The predicted octanol–water partition coefficient (Wildman–Crippen LogP) is 5.76. The largest absolute Gasteiger partial charge is 0.348 e. The number of pyridine rings is 1. The molecule has 0 amide bonds. The van der Waals surface area contributed by atoms with Gasteiger partial charge in [-0.3, -0.25) is 0 Å². The molecule has 0 atom stereocenters. The lowest BCUT2D eigenvalue weighted by molar-refractivity contribution is 0.630. The molecule has 0 radical (unpaired) electrons. The van der Waals surface area contributed by atoms with Crippen molar-refractivity contribution < 1.29 is 4.39 Å². The molecular formula is C19H12Br2FN3. The van der Waals surface area contributed by atoms with Gasteiger partial charge in [0.05, 0.1) is 11.3 Å². The van der Waals surface area contributed by atoms with Gasteiger partial charge in [0, 0.05) is 27.9 Å². The van der Waals surface area contributed by atoms with Crippen LogP contribution in [0.2, 0.25) is 0 Å². The molecule has 25 heavy (non-hydrogen) atoms. The lowest BCUT2D eigenvalue weighted by Crippen LogP contribution is -2.01.